The van der Waals surface area contributed by atoms with Crippen LogP contribution in [0.25, 0.3) is 0 Å². The molecular formula is C14H20F2N4O. The average Bonchev–Trinajstić information content (AvgIpc) is 2.46. The zero-order valence-corrected chi connectivity index (χ0v) is 12.2. The van der Waals surface area contributed by atoms with Crippen molar-refractivity contribution in [3.8, 4) is 0 Å². The zero-order chi connectivity index (χ0) is 15.4. The second kappa shape index (κ2) is 6.69. The lowest BCUT2D eigenvalue weighted by Gasteiger charge is -2.33. The van der Waals surface area contributed by atoms with Crippen LogP contribution in [0.15, 0.2) is 6.07 Å². The summed E-state index contributed by atoms with van der Waals surface area (Å²) in [7, 11) is 1.55. The van der Waals surface area contributed by atoms with Crippen molar-refractivity contribution < 1.29 is 13.6 Å². The number of aromatic nitrogens is 1. The second-order valence-corrected chi connectivity index (χ2v) is 5.24. The van der Waals surface area contributed by atoms with Crippen molar-refractivity contribution in [2.24, 2.45) is 5.92 Å². The Labute approximate surface area is 122 Å². The number of hydrogen-bond donors (Lipinski definition) is 2. The van der Waals surface area contributed by atoms with E-state index in [1.165, 1.54) is 6.92 Å². The Hall–Kier alpha value is -1.92. The van der Waals surface area contributed by atoms with E-state index in [1.807, 2.05) is 4.90 Å². The van der Waals surface area contributed by atoms with Crippen molar-refractivity contribution in [2.45, 2.75) is 19.8 Å². The number of hydrogen-bond acceptors (Lipinski definition) is 4. The monoisotopic (exact) mass is 298 g/mol. The fourth-order valence-corrected chi connectivity index (χ4v) is 2.49. The van der Waals surface area contributed by atoms with Gasteiger partial charge in [0.2, 0.25) is 5.91 Å². The van der Waals surface area contributed by atoms with Gasteiger partial charge in [-0.25, -0.2) is 13.8 Å². The number of halogens is 2. The Kier molecular flexibility index (Phi) is 4.93. The highest BCUT2D eigenvalue weighted by Crippen LogP contribution is 2.26. The molecule has 0 bridgehead atoms. The van der Waals surface area contributed by atoms with Gasteiger partial charge in [0.1, 0.15) is 0 Å². The molecule has 1 fully saturated rings. The third-order valence-electron chi connectivity index (χ3n) is 3.70. The van der Waals surface area contributed by atoms with E-state index in [1.54, 1.807) is 7.05 Å². The molecule has 0 radical (unpaired) electrons. The van der Waals surface area contributed by atoms with Gasteiger partial charge in [-0.3, -0.25) is 4.79 Å². The lowest BCUT2D eigenvalue weighted by atomic mass is 9.97. The first-order valence-electron chi connectivity index (χ1n) is 7.04. The van der Waals surface area contributed by atoms with E-state index in [0.29, 0.717) is 25.6 Å². The number of anilines is 2. The summed E-state index contributed by atoms with van der Waals surface area (Å²) < 4.78 is 27.3. The topological polar surface area (TPSA) is 57.3 Å². The molecule has 1 aliphatic heterocycles. The molecule has 0 unspecified atom stereocenters. The summed E-state index contributed by atoms with van der Waals surface area (Å²) in [6.07, 6.45) is 1.68. The van der Waals surface area contributed by atoms with Crippen LogP contribution in [0.3, 0.4) is 0 Å². The maximum atomic E-state index is 13.9. The molecule has 1 aromatic rings. The Balaban J connectivity index is 2.00. The molecule has 21 heavy (non-hydrogen) atoms. The molecule has 0 saturated carbocycles. The number of rotatable bonds is 4. The van der Waals surface area contributed by atoms with Crippen LogP contribution in [0.5, 0.6) is 0 Å². The van der Waals surface area contributed by atoms with Crippen LogP contribution in [0.4, 0.5) is 20.4 Å². The Bertz CT molecular complexity index is 516. The predicted octanol–water partition coefficient (Wildman–Crippen LogP) is 1.75. The number of pyridine rings is 1. The lowest BCUT2D eigenvalue weighted by molar-refractivity contribution is -0.119. The Morgan fingerprint density at radius 1 is 1.38 bits per heavy atom. The molecule has 1 saturated heterocycles. The third-order valence-corrected chi connectivity index (χ3v) is 3.70. The Morgan fingerprint density at radius 2 is 2.05 bits per heavy atom. The largest absolute Gasteiger partial charge is 0.371 e. The standard InChI is InChI=1S/C14H20F2N4O/c1-9(21)18-8-10-3-5-20(6-4-10)14-12(16)7-11(15)13(17-2)19-14/h7,10H,3-6,8H2,1-2H3,(H,17,19)(H,18,21). The zero-order valence-electron chi connectivity index (χ0n) is 12.2. The maximum Gasteiger partial charge on any atom is 0.216 e. The van der Waals surface area contributed by atoms with Gasteiger partial charge < -0.3 is 15.5 Å². The number of carbonyl (C=O) groups excluding carboxylic acids is 1. The van der Waals surface area contributed by atoms with E-state index >= 15 is 0 Å². The van der Waals surface area contributed by atoms with Crippen LogP contribution in [-0.2, 0) is 4.79 Å². The van der Waals surface area contributed by atoms with Crippen LogP contribution >= 0.6 is 0 Å². The number of nitrogens with one attached hydrogen (secondary N) is 2. The molecule has 7 heteroatoms. The van der Waals surface area contributed by atoms with E-state index in [-0.39, 0.29) is 17.5 Å². The van der Waals surface area contributed by atoms with Crippen molar-refractivity contribution in [2.75, 3.05) is 36.9 Å². The van der Waals surface area contributed by atoms with Crippen LogP contribution in [0.2, 0.25) is 0 Å². The quantitative estimate of drug-likeness (QED) is 0.889. The molecule has 2 heterocycles. The molecule has 0 spiro atoms. The minimum atomic E-state index is -0.695. The van der Waals surface area contributed by atoms with Gasteiger partial charge in [0.05, 0.1) is 0 Å². The van der Waals surface area contributed by atoms with E-state index in [4.69, 9.17) is 0 Å². The molecular weight excluding hydrogens is 278 g/mol. The molecule has 1 aromatic heterocycles. The molecule has 2 rings (SSSR count). The van der Waals surface area contributed by atoms with Gasteiger partial charge in [-0.2, -0.15) is 0 Å². The third kappa shape index (κ3) is 3.80. The van der Waals surface area contributed by atoms with Crippen LogP contribution < -0.4 is 15.5 Å². The van der Waals surface area contributed by atoms with Crippen molar-refractivity contribution in [3.05, 3.63) is 17.7 Å². The van der Waals surface area contributed by atoms with E-state index in [2.05, 4.69) is 15.6 Å². The summed E-state index contributed by atoms with van der Waals surface area (Å²) in [4.78, 5) is 16.7. The van der Waals surface area contributed by atoms with Crippen molar-refractivity contribution in [1.82, 2.24) is 10.3 Å². The summed E-state index contributed by atoms with van der Waals surface area (Å²) in [5.74, 6) is -0.767. The molecule has 2 N–H and O–H groups in total. The van der Waals surface area contributed by atoms with Gasteiger partial charge >= 0.3 is 0 Å². The number of piperidine rings is 1. The summed E-state index contributed by atoms with van der Waals surface area (Å²) in [6, 6.07) is 0.859. The fourth-order valence-electron chi connectivity index (χ4n) is 2.49. The molecule has 116 valence electrons. The van der Waals surface area contributed by atoms with Crippen LogP contribution in [0.1, 0.15) is 19.8 Å². The van der Waals surface area contributed by atoms with Crippen LogP contribution in [0, 0.1) is 17.6 Å². The minimum Gasteiger partial charge on any atom is -0.371 e. The number of nitrogens with zero attached hydrogens (tertiary/aromatic N) is 2. The van der Waals surface area contributed by atoms with E-state index in [9.17, 15) is 13.6 Å². The molecule has 0 aliphatic carbocycles. The fraction of sp³-hybridized carbons (Fsp3) is 0.571. The van der Waals surface area contributed by atoms with Gasteiger partial charge in [-0.1, -0.05) is 0 Å². The average molecular weight is 298 g/mol. The Morgan fingerprint density at radius 3 is 2.62 bits per heavy atom. The van der Waals surface area contributed by atoms with Crippen LogP contribution in [-0.4, -0.2) is 37.6 Å². The smallest absolute Gasteiger partial charge is 0.216 e. The second-order valence-electron chi connectivity index (χ2n) is 5.24. The molecule has 1 amide bonds. The normalized spacial score (nSPS) is 15.9. The molecule has 5 nitrogen and oxygen atoms in total. The van der Waals surface area contributed by atoms with Crippen molar-refractivity contribution in [1.29, 1.82) is 0 Å². The minimum absolute atomic E-state index is 0.0395. The lowest BCUT2D eigenvalue weighted by Crippen LogP contribution is -2.39. The van der Waals surface area contributed by atoms with Gasteiger partial charge in [0.15, 0.2) is 23.3 Å². The van der Waals surface area contributed by atoms with Gasteiger partial charge in [-0.15, -0.1) is 0 Å². The summed E-state index contributed by atoms with van der Waals surface area (Å²) >= 11 is 0. The van der Waals surface area contributed by atoms with Gasteiger partial charge in [0, 0.05) is 39.7 Å². The van der Waals surface area contributed by atoms with E-state index in [0.717, 1.165) is 18.9 Å². The summed E-state index contributed by atoms with van der Waals surface area (Å²) in [6.45, 7) is 3.42. The summed E-state index contributed by atoms with van der Waals surface area (Å²) in [5, 5.41) is 5.42. The number of carbonyl (C=O) groups is 1. The SMILES string of the molecule is CNc1nc(N2CCC(CNC(C)=O)CC2)c(F)cc1F. The molecule has 0 atom stereocenters. The van der Waals surface area contributed by atoms with Gasteiger partial charge in [-0.05, 0) is 18.8 Å². The van der Waals surface area contributed by atoms with Gasteiger partial charge in [0.25, 0.3) is 0 Å². The molecule has 1 aliphatic rings. The van der Waals surface area contributed by atoms with Crippen molar-refractivity contribution in [3.63, 3.8) is 0 Å². The first-order valence-corrected chi connectivity index (χ1v) is 7.04. The highest BCUT2D eigenvalue weighted by Gasteiger charge is 2.23. The summed E-state index contributed by atoms with van der Waals surface area (Å²) in [5.41, 5.74) is 0. The maximum absolute atomic E-state index is 13.9. The van der Waals surface area contributed by atoms with Crippen molar-refractivity contribution >= 4 is 17.5 Å². The first-order chi connectivity index (χ1) is 10.0. The highest BCUT2D eigenvalue weighted by atomic mass is 19.1. The predicted molar refractivity (Wildman–Crippen MR) is 77.3 cm³/mol. The van der Waals surface area contributed by atoms with E-state index < -0.39 is 11.6 Å². The number of amides is 1. The molecule has 0 aromatic carbocycles. The first kappa shape index (κ1) is 15.5. The highest BCUT2D eigenvalue weighted by molar-refractivity contribution is 5.72.